The van der Waals surface area contributed by atoms with E-state index in [2.05, 4.69) is 44.2 Å². The Morgan fingerprint density at radius 2 is 2.25 bits per heavy atom. The Hall–Kier alpha value is -1.86. The predicted molar refractivity (Wildman–Crippen MR) is 81.0 cm³/mol. The number of nitrogens with one attached hydrogen (secondary N) is 1. The van der Waals surface area contributed by atoms with Gasteiger partial charge in [0.1, 0.15) is 5.82 Å². The molecule has 3 aromatic rings. The second kappa shape index (κ2) is 6.06. The molecule has 3 rings (SSSR count). The van der Waals surface area contributed by atoms with Gasteiger partial charge >= 0.3 is 0 Å². The van der Waals surface area contributed by atoms with E-state index in [0.29, 0.717) is 6.54 Å². The number of thiophene rings is 1. The summed E-state index contributed by atoms with van der Waals surface area (Å²) in [6.07, 6.45) is 3.63. The molecule has 0 radical (unpaired) electrons. The number of anilines is 1. The molecular weight excluding hydrogens is 290 g/mol. The normalized spacial score (nSPS) is 10.7. The zero-order valence-corrected chi connectivity index (χ0v) is 12.5. The molecular formula is C13H13N5S2. The van der Waals surface area contributed by atoms with Gasteiger partial charge in [-0.2, -0.15) is 0 Å². The van der Waals surface area contributed by atoms with Crippen molar-refractivity contribution < 1.29 is 0 Å². The lowest BCUT2D eigenvalue weighted by Gasteiger charge is -2.05. The number of rotatable bonds is 5. The first-order chi connectivity index (χ1) is 9.81. The lowest BCUT2D eigenvalue weighted by Crippen LogP contribution is -2.06. The molecule has 0 aliphatic heterocycles. The van der Waals surface area contributed by atoms with Crippen LogP contribution in [-0.4, -0.2) is 20.0 Å². The maximum absolute atomic E-state index is 4.41. The quantitative estimate of drug-likeness (QED) is 0.785. The fraction of sp³-hybridized carbons (Fsp3) is 0.154. The summed E-state index contributed by atoms with van der Waals surface area (Å²) >= 11 is 3.46. The molecule has 3 heterocycles. The molecule has 0 unspecified atom stereocenters. The van der Waals surface area contributed by atoms with Crippen molar-refractivity contribution in [2.75, 3.05) is 5.32 Å². The molecule has 0 aromatic carbocycles. The van der Waals surface area contributed by atoms with Crippen LogP contribution < -0.4 is 5.32 Å². The first-order valence-corrected chi connectivity index (χ1v) is 7.76. The standard InChI is InChI=1S/C13H13N5S2/c1-18-10(8-16-17-18)7-14-12-5-4-11(9-15-12)20-13-3-2-6-19-13/h2-6,8-9H,7H2,1H3,(H,14,15). The van der Waals surface area contributed by atoms with Gasteiger partial charge in [-0.05, 0) is 23.6 Å². The summed E-state index contributed by atoms with van der Waals surface area (Å²) in [5.74, 6) is 0.849. The number of nitrogens with zero attached hydrogens (tertiary/aromatic N) is 4. The molecule has 102 valence electrons. The predicted octanol–water partition coefficient (Wildman–Crippen LogP) is 3.03. The fourth-order valence-corrected chi connectivity index (χ4v) is 3.35. The SMILES string of the molecule is Cn1nncc1CNc1ccc(Sc2cccs2)cn1. The molecule has 1 N–H and O–H groups in total. The molecule has 7 heteroatoms. The lowest BCUT2D eigenvalue weighted by molar-refractivity contribution is 0.683. The second-order valence-corrected chi connectivity index (χ2v) is 6.44. The van der Waals surface area contributed by atoms with Crippen LogP contribution in [0.1, 0.15) is 5.69 Å². The van der Waals surface area contributed by atoms with Crippen molar-refractivity contribution in [1.29, 1.82) is 0 Å². The number of pyridine rings is 1. The summed E-state index contributed by atoms with van der Waals surface area (Å²) in [6, 6.07) is 8.22. The van der Waals surface area contributed by atoms with Crippen molar-refractivity contribution >= 4 is 28.9 Å². The first-order valence-electron chi connectivity index (χ1n) is 6.06. The highest BCUT2D eigenvalue weighted by molar-refractivity contribution is 8.01. The topological polar surface area (TPSA) is 55.6 Å². The average Bonchev–Trinajstić information content (AvgIpc) is 3.10. The van der Waals surface area contributed by atoms with Crippen molar-refractivity contribution in [1.82, 2.24) is 20.0 Å². The van der Waals surface area contributed by atoms with Gasteiger partial charge in [-0.15, -0.1) is 16.4 Å². The third kappa shape index (κ3) is 3.17. The zero-order valence-electron chi connectivity index (χ0n) is 10.9. The Bertz CT molecular complexity index is 660. The smallest absolute Gasteiger partial charge is 0.126 e. The van der Waals surface area contributed by atoms with Gasteiger partial charge in [0.05, 0.1) is 22.6 Å². The highest BCUT2D eigenvalue weighted by Crippen LogP contribution is 2.30. The Morgan fingerprint density at radius 3 is 2.90 bits per heavy atom. The number of aryl methyl sites for hydroxylation is 1. The zero-order chi connectivity index (χ0) is 13.8. The van der Waals surface area contributed by atoms with Crippen LogP contribution in [-0.2, 0) is 13.6 Å². The van der Waals surface area contributed by atoms with E-state index in [1.165, 1.54) is 4.21 Å². The van der Waals surface area contributed by atoms with E-state index in [4.69, 9.17) is 0 Å². The van der Waals surface area contributed by atoms with Gasteiger partial charge in [0.15, 0.2) is 0 Å². The van der Waals surface area contributed by atoms with E-state index >= 15 is 0 Å². The van der Waals surface area contributed by atoms with E-state index < -0.39 is 0 Å². The number of hydrogen-bond acceptors (Lipinski definition) is 6. The lowest BCUT2D eigenvalue weighted by atomic mass is 10.4. The highest BCUT2D eigenvalue weighted by atomic mass is 32.2. The van der Waals surface area contributed by atoms with Crippen LogP contribution in [0.25, 0.3) is 0 Å². The third-order valence-electron chi connectivity index (χ3n) is 2.71. The Labute approximate surface area is 125 Å². The molecule has 0 saturated carbocycles. The molecule has 0 saturated heterocycles. The van der Waals surface area contributed by atoms with Gasteiger partial charge in [-0.3, -0.25) is 4.68 Å². The van der Waals surface area contributed by atoms with Crippen LogP contribution >= 0.6 is 23.1 Å². The summed E-state index contributed by atoms with van der Waals surface area (Å²) in [5, 5.41) is 13.1. The summed E-state index contributed by atoms with van der Waals surface area (Å²) < 4.78 is 3.02. The summed E-state index contributed by atoms with van der Waals surface area (Å²) in [6.45, 7) is 0.661. The van der Waals surface area contributed by atoms with Crippen molar-refractivity contribution in [2.45, 2.75) is 15.6 Å². The van der Waals surface area contributed by atoms with Gasteiger partial charge in [0.2, 0.25) is 0 Å². The van der Waals surface area contributed by atoms with Gasteiger partial charge < -0.3 is 5.32 Å². The summed E-state index contributed by atoms with van der Waals surface area (Å²) in [5.41, 5.74) is 1.02. The van der Waals surface area contributed by atoms with Crippen molar-refractivity contribution in [3.8, 4) is 0 Å². The van der Waals surface area contributed by atoms with Crippen LogP contribution in [0.5, 0.6) is 0 Å². The minimum atomic E-state index is 0.661. The monoisotopic (exact) mass is 303 g/mol. The average molecular weight is 303 g/mol. The molecule has 0 aliphatic carbocycles. The van der Waals surface area contributed by atoms with Crippen LogP contribution in [0.3, 0.4) is 0 Å². The maximum atomic E-state index is 4.41. The highest BCUT2D eigenvalue weighted by Gasteiger charge is 2.02. The van der Waals surface area contributed by atoms with E-state index in [0.717, 1.165) is 16.4 Å². The number of hydrogen-bond donors (Lipinski definition) is 1. The van der Waals surface area contributed by atoms with Crippen molar-refractivity contribution in [3.63, 3.8) is 0 Å². The van der Waals surface area contributed by atoms with Crippen LogP contribution in [0.15, 0.2) is 51.1 Å². The van der Waals surface area contributed by atoms with Gasteiger partial charge in [0.25, 0.3) is 0 Å². The first kappa shape index (κ1) is 13.1. The van der Waals surface area contributed by atoms with Crippen molar-refractivity contribution in [3.05, 3.63) is 47.7 Å². The van der Waals surface area contributed by atoms with Crippen LogP contribution in [0, 0.1) is 0 Å². The largest absolute Gasteiger partial charge is 0.364 e. The Morgan fingerprint density at radius 1 is 1.30 bits per heavy atom. The molecule has 0 spiro atoms. The second-order valence-electron chi connectivity index (χ2n) is 4.12. The van der Waals surface area contributed by atoms with Crippen LogP contribution in [0.4, 0.5) is 5.82 Å². The minimum Gasteiger partial charge on any atom is -0.364 e. The number of aromatic nitrogens is 4. The van der Waals surface area contributed by atoms with Crippen molar-refractivity contribution in [2.24, 2.45) is 7.05 Å². The molecule has 0 fully saturated rings. The van der Waals surface area contributed by atoms with Gasteiger partial charge in [-0.25, -0.2) is 4.98 Å². The summed E-state index contributed by atoms with van der Waals surface area (Å²) in [7, 11) is 1.87. The molecule has 0 atom stereocenters. The van der Waals surface area contributed by atoms with Gasteiger partial charge in [0, 0.05) is 18.1 Å². The summed E-state index contributed by atoms with van der Waals surface area (Å²) in [4.78, 5) is 5.55. The van der Waals surface area contributed by atoms with E-state index in [1.54, 1.807) is 34.0 Å². The van der Waals surface area contributed by atoms with Gasteiger partial charge in [-0.1, -0.05) is 23.0 Å². The van der Waals surface area contributed by atoms with Crippen LogP contribution in [0.2, 0.25) is 0 Å². The molecule has 3 aromatic heterocycles. The molecule has 5 nitrogen and oxygen atoms in total. The minimum absolute atomic E-state index is 0.661. The Balaban J connectivity index is 1.60. The molecule has 0 aliphatic rings. The maximum Gasteiger partial charge on any atom is 0.126 e. The Kier molecular flexibility index (Phi) is 3.98. The molecule has 0 amide bonds. The van der Waals surface area contributed by atoms with E-state index in [1.807, 2.05) is 19.3 Å². The van der Waals surface area contributed by atoms with E-state index in [9.17, 15) is 0 Å². The fourth-order valence-electron chi connectivity index (χ4n) is 1.64. The molecule has 0 bridgehead atoms. The third-order valence-corrected chi connectivity index (χ3v) is 4.72. The van der Waals surface area contributed by atoms with E-state index in [-0.39, 0.29) is 0 Å². The molecule has 20 heavy (non-hydrogen) atoms.